The van der Waals surface area contributed by atoms with Crippen molar-refractivity contribution in [2.45, 2.75) is 112 Å². The summed E-state index contributed by atoms with van der Waals surface area (Å²) >= 11 is 0. The van der Waals surface area contributed by atoms with Gasteiger partial charge in [0.05, 0.1) is 12.2 Å². The second kappa shape index (κ2) is 11.0. The summed E-state index contributed by atoms with van der Waals surface area (Å²) in [5, 5.41) is 9.22. The van der Waals surface area contributed by atoms with E-state index in [9.17, 15) is 9.90 Å². The van der Waals surface area contributed by atoms with Crippen molar-refractivity contribution < 1.29 is 14.6 Å². The second-order valence-electron chi connectivity index (χ2n) is 14.0. The van der Waals surface area contributed by atoms with Gasteiger partial charge < -0.3 is 9.84 Å². The van der Waals surface area contributed by atoms with E-state index in [4.69, 9.17) is 4.74 Å². The van der Waals surface area contributed by atoms with Gasteiger partial charge in [-0.25, -0.2) is 4.79 Å². The standard InChI is InChI=1S/C33H54O3/c1-8-24(21(2)3)10-9-22(4)28-13-14-29-27-12-11-25-19-26(36-31(35)23(5)20-34)15-17-32(25,6)30(27)16-18-33(28,29)7/h9-10,21-22,24-30,34H,5,8,11-20H2,1-4,6-7H3/b10-9+/t22-,24-,25?,26+,27+,28-,29+,30?,32+,33-/m1/s1. The van der Waals surface area contributed by atoms with Crippen molar-refractivity contribution in [1.82, 2.24) is 0 Å². The molecule has 0 radical (unpaired) electrons. The first kappa shape index (κ1) is 27.9. The van der Waals surface area contributed by atoms with Gasteiger partial charge in [-0.05, 0) is 122 Å². The Kier molecular flexibility index (Phi) is 8.50. The normalized spacial score (nSPS) is 41.9. The molecule has 0 spiro atoms. The zero-order valence-corrected chi connectivity index (χ0v) is 24.1. The zero-order chi connectivity index (χ0) is 26.3. The molecule has 36 heavy (non-hydrogen) atoms. The largest absolute Gasteiger partial charge is 0.459 e. The third kappa shape index (κ3) is 4.99. The maximum absolute atomic E-state index is 12.2. The van der Waals surface area contributed by atoms with Crippen molar-refractivity contribution in [3.8, 4) is 0 Å². The van der Waals surface area contributed by atoms with E-state index in [1.54, 1.807) is 0 Å². The molecule has 3 heteroatoms. The number of aliphatic hydroxyl groups excluding tert-OH is 1. The van der Waals surface area contributed by atoms with Crippen LogP contribution in [0.3, 0.4) is 0 Å². The highest BCUT2D eigenvalue weighted by Crippen LogP contribution is 2.68. The van der Waals surface area contributed by atoms with E-state index in [1.807, 2.05) is 0 Å². The fraction of sp³-hybridized carbons (Fsp3) is 0.848. The van der Waals surface area contributed by atoms with Gasteiger partial charge in [-0.1, -0.05) is 60.3 Å². The fourth-order valence-electron chi connectivity index (χ4n) is 9.81. The molecule has 0 aromatic carbocycles. The minimum absolute atomic E-state index is 0.00874. The van der Waals surface area contributed by atoms with Crippen molar-refractivity contribution in [1.29, 1.82) is 0 Å². The Balaban J connectivity index is 1.43. The summed E-state index contributed by atoms with van der Waals surface area (Å²) in [5.41, 5.74) is 1.05. The molecule has 0 bridgehead atoms. The molecule has 0 saturated heterocycles. The Morgan fingerprint density at radius 2 is 1.69 bits per heavy atom. The topological polar surface area (TPSA) is 46.5 Å². The molecule has 1 N–H and O–H groups in total. The van der Waals surface area contributed by atoms with Crippen molar-refractivity contribution in [3.05, 3.63) is 24.3 Å². The van der Waals surface area contributed by atoms with Gasteiger partial charge in [-0.2, -0.15) is 0 Å². The predicted octanol–water partition coefficient (Wildman–Crippen LogP) is 7.98. The molecule has 3 nitrogen and oxygen atoms in total. The maximum Gasteiger partial charge on any atom is 0.336 e. The van der Waals surface area contributed by atoms with E-state index in [0.29, 0.717) is 28.6 Å². The number of rotatable bonds is 8. The SMILES string of the molecule is C=C(CO)C(=O)O[C@H]1CC[C@@]2(C)C(CC[C@@H]3C2CC[C@]2(C)[C@@H]([C@H](C)/C=C/[C@@H](CC)C(C)C)CC[C@@H]32)C1. The lowest BCUT2D eigenvalue weighted by Crippen LogP contribution is -2.54. The highest BCUT2D eigenvalue weighted by atomic mass is 16.5. The molecule has 4 fully saturated rings. The van der Waals surface area contributed by atoms with Gasteiger partial charge in [0.1, 0.15) is 6.10 Å². The summed E-state index contributed by atoms with van der Waals surface area (Å²) in [7, 11) is 0. The molecule has 4 aliphatic rings. The molecule has 10 atom stereocenters. The number of hydrogen-bond acceptors (Lipinski definition) is 3. The molecule has 4 aliphatic carbocycles. The number of esters is 1. The Hall–Kier alpha value is -1.09. The van der Waals surface area contributed by atoms with E-state index >= 15 is 0 Å². The maximum atomic E-state index is 12.2. The molecule has 0 aromatic heterocycles. The molecule has 0 heterocycles. The van der Waals surface area contributed by atoms with Gasteiger partial charge in [0.2, 0.25) is 0 Å². The number of carbonyl (C=O) groups excluding carboxylic acids is 1. The lowest BCUT2D eigenvalue weighted by Gasteiger charge is -2.61. The lowest BCUT2D eigenvalue weighted by atomic mass is 9.44. The fourth-order valence-corrected chi connectivity index (χ4v) is 9.81. The number of ether oxygens (including phenoxy) is 1. The van der Waals surface area contributed by atoms with Gasteiger partial charge >= 0.3 is 5.97 Å². The molecule has 2 unspecified atom stereocenters. The Morgan fingerprint density at radius 1 is 1.00 bits per heavy atom. The zero-order valence-electron chi connectivity index (χ0n) is 24.1. The van der Waals surface area contributed by atoms with Crippen LogP contribution in [-0.2, 0) is 9.53 Å². The molecule has 4 saturated carbocycles. The van der Waals surface area contributed by atoms with Crippen LogP contribution >= 0.6 is 0 Å². The molecule has 0 aromatic rings. The number of fused-ring (bicyclic) bond motifs is 5. The molecule has 204 valence electrons. The molecular formula is C33H54O3. The number of aliphatic hydroxyl groups is 1. The second-order valence-corrected chi connectivity index (χ2v) is 14.0. The summed E-state index contributed by atoms with van der Waals surface area (Å²) in [6.07, 6.45) is 17.7. The van der Waals surface area contributed by atoms with E-state index in [1.165, 1.54) is 51.4 Å². The van der Waals surface area contributed by atoms with E-state index in [2.05, 4.69) is 60.3 Å². The van der Waals surface area contributed by atoms with Crippen molar-refractivity contribution >= 4 is 5.97 Å². The summed E-state index contributed by atoms with van der Waals surface area (Å²) in [6, 6.07) is 0. The predicted molar refractivity (Wildman–Crippen MR) is 148 cm³/mol. The average molecular weight is 499 g/mol. The van der Waals surface area contributed by atoms with Crippen LogP contribution in [0.1, 0.15) is 106 Å². The van der Waals surface area contributed by atoms with Gasteiger partial charge in [-0.15, -0.1) is 0 Å². The van der Waals surface area contributed by atoms with Gasteiger partial charge in [0.25, 0.3) is 0 Å². The Morgan fingerprint density at radius 3 is 2.36 bits per heavy atom. The first-order chi connectivity index (χ1) is 17.0. The first-order valence-electron chi connectivity index (χ1n) is 15.2. The molecule has 4 rings (SSSR count). The van der Waals surface area contributed by atoms with Gasteiger partial charge in [0.15, 0.2) is 0 Å². The van der Waals surface area contributed by atoms with E-state index in [-0.39, 0.29) is 18.3 Å². The van der Waals surface area contributed by atoms with Crippen LogP contribution in [0.15, 0.2) is 24.3 Å². The van der Waals surface area contributed by atoms with Crippen LogP contribution in [0, 0.1) is 58.2 Å². The minimum Gasteiger partial charge on any atom is -0.459 e. The Labute approximate surface area is 221 Å². The van der Waals surface area contributed by atoms with Crippen LogP contribution in [0.5, 0.6) is 0 Å². The highest BCUT2D eigenvalue weighted by Gasteiger charge is 2.60. The summed E-state index contributed by atoms with van der Waals surface area (Å²) in [4.78, 5) is 12.2. The molecule has 0 amide bonds. The van der Waals surface area contributed by atoms with Gasteiger partial charge in [0, 0.05) is 0 Å². The molecule has 0 aliphatic heterocycles. The minimum atomic E-state index is -0.410. The average Bonchev–Trinajstić information content (AvgIpc) is 3.21. The summed E-state index contributed by atoms with van der Waals surface area (Å²) < 4.78 is 5.76. The number of carbonyl (C=O) groups is 1. The smallest absolute Gasteiger partial charge is 0.336 e. The first-order valence-corrected chi connectivity index (χ1v) is 15.2. The van der Waals surface area contributed by atoms with Crippen LogP contribution < -0.4 is 0 Å². The van der Waals surface area contributed by atoms with Crippen LogP contribution in [0.4, 0.5) is 0 Å². The monoisotopic (exact) mass is 498 g/mol. The van der Waals surface area contributed by atoms with Crippen molar-refractivity contribution in [2.75, 3.05) is 6.61 Å². The Bertz CT molecular complexity index is 829. The summed E-state index contributed by atoms with van der Waals surface area (Å²) in [6.45, 7) is 18.1. The number of hydrogen-bond donors (Lipinski definition) is 1. The van der Waals surface area contributed by atoms with Gasteiger partial charge in [-0.3, -0.25) is 0 Å². The highest BCUT2D eigenvalue weighted by molar-refractivity contribution is 5.88. The quantitative estimate of drug-likeness (QED) is 0.210. The molecular weight excluding hydrogens is 444 g/mol. The van der Waals surface area contributed by atoms with Crippen LogP contribution in [-0.4, -0.2) is 23.8 Å². The lowest BCUT2D eigenvalue weighted by molar-refractivity contribution is -0.159. The third-order valence-electron chi connectivity index (χ3n) is 12.1. The van der Waals surface area contributed by atoms with Crippen molar-refractivity contribution in [2.24, 2.45) is 58.2 Å². The number of allylic oxidation sites excluding steroid dienone is 2. The summed E-state index contributed by atoms with van der Waals surface area (Å²) in [5.74, 6) is 5.76. The van der Waals surface area contributed by atoms with E-state index in [0.717, 1.165) is 42.4 Å². The van der Waals surface area contributed by atoms with Crippen LogP contribution in [0.2, 0.25) is 0 Å². The van der Waals surface area contributed by atoms with Crippen LogP contribution in [0.25, 0.3) is 0 Å². The third-order valence-corrected chi connectivity index (χ3v) is 12.1. The van der Waals surface area contributed by atoms with Crippen molar-refractivity contribution in [3.63, 3.8) is 0 Å². The van der Waals surface area contributed by atoms with E-state index < -0.39 is 5.97 Å².